The number of hydrogen-bond acceptors (Lipinski definition) is 3. The van der Waals surface area contributed by atoms with Crippen LogP contribution >= 0.6 is 11.6 Å². The summed E-state index contributed by atoms with van der Waals surface area (Å²) >= 11 is 5.91. The van der Waals surface area contributed by atoms with Gasteiger partial charge in [0.25, 0.3) is 0 Å². The Kier molecular flexibility index (Phi) is 6.27. The molecule has 2 amide bonds. The molecular weight excluding hydrogens is 282 g/mol. The van der Waals surface area contributed by atoms with Crippen LogP contribution in [-0.4, -0.2) is 48.7 Å². The molecule has 7 heteroatoms. The second-order valence-electron chi connectivity index (χ2n) is 4.28. The average molecular weight is 300 g/mol. The minimum atomic E-state index is -1.06. The molecule has 0 spiro atoms. The van der Waals surface area contributed by atoms with Gasteiger partial charge < -0.3 is 20.6 Å². The molecule has 1 rings (SSSR count). The van der Waals surface area contributed by atoms with Gasteiger partial charge in [-0.15, -0.1) is 0 Å². The summed E-state index contributed by atoms with van der Waals surface area (Å²) in [4.78, 5) is 24.5. The molecular formula is C13H18ClN3O3. The number of anilines is 1. The Morgan fingerprint density at radius 3 is 2.65 bits per heavy atom. The van der Waals surface area contributed by atoms with Crippen LogP contribution < -0.4 is 10.6 Å². The lowest BCUT2D eigenvalue weighted by Gasteiger charge is -2.14. The van der Waals surface area contributed by atoms with Crippen molar-refractivity contribution in [1.29, 1.82) is 0 Å². The third kappa shape index (κ3) is 5.07. The Bertz CT molecular complexity index is 494. The summed E-state index contributed by atoms with van der Waals surface area (Å²) in [5, 5.41) is 14.3. The number of rotatable bonds is 6. The normalized spacial score (nSPS) is 10.4. The molecule has 0 aliphatic carbocycles. The largest absolute Gasteiger partial charge is 0.478 e. The van der Waals surface area contributed by atoms with Crippen LogP contribution in [0.1, 0.15) is 17.3 Å². The van der Waals surface area contributed by atoms with Gasteiger partial charge in [-0.25, -0.2) is 9.59 Å². The first-order valence-corrected chi connectivity index (χ1v) is 6.58. The zero-order chi connectivity index (χ0) is 15.1. The molecule has 0 saturated carbocycles. The quantitative estimate of drug-likeness (QED) is 0.751. The van der Waals surface area contributed by atoms with E-state index in [0.717, 1.165) is 13.1 Å². The van der Waals surface area contributed by atoms with Gasteiger partial charge in [0.15, 0.2) is 0 Å². The van der Waals surface area contributed by atoms with Crippen molar-refractivity contribution in [3.8, 4) is 0 Å². The summed E-state index contributed by atoms with van der Waals surface area (Å²) in [6.45, 7) is 4.20. The SMILES string of the molecule is CCN(C)CCNC(=O)Nc1ccc(C(=O)O)cc1Cl. The monoisotopic (exact) mass is 299 g/mol. The molecule has 0 atom stereocenters. The van der Waals surface area contributed by atoms with Crippen LogP contribution in [0, 0.1) is 0 Å². The van der Waals surface area contributed by atoms with Gasteiger partial charge in [0.2, 0.25) is 0 Å². The highest BCUT2D eigenvalue weighted by molar-refractivity contribution is 6.34. The van der Waals surface area contributed by atoms with E-state index in [1.165, 1.54) is 18.2 Å². The predicted molar refractivity (Wildman–Crippen MR) is 78.6 cm³/mol. The van der Waals surface area contributed by atoms with Crippen molar-refractivity contribution in [3.05, 3.63) is 28.8 Å². The first-order valence-electron chi connectivity index (χ1n) is 6.20. The van der Waals surface area contributed by atoms with Crippen LogP contribution in [0.2, 0.25) is 5.02 Å². The lowest BCUT2D eigenvalue weighted by molar-refractivity contribution is 0.0697. The Labute approximate surface area is 122 Å². The third-order valence-electron chi connectivity index (χ3n) is 2.78. The smallest absolute Gasteiger partial charge is 0.335 e. The number of carboxylic acid groups (broad SMARTS) is 1. The van der Waals surface area contributed by atoms with Crippen molar-refractivity contribution >= 4 is 29.3 Å². The van der Waals surface area contributed by atoms with Gasteiger partial charge in [-0.2, -0.15) is 0 Å². The summed E-state index contributed by atoms with van der Waals surface area (Å²) in [5.41, 5.74) is 0.448. The number of aromatic carboxylic acids is 1. The number of nitrogens with one attached hydrogen (secondary N) is 2. The van der Waals surface area contributed by atoms with E-state index >= 15 is 0 Å². The standard InChI is InChI=1S/C13H18ClN3O3/c1-3-17(2)7-6-15-13(20)16-11-5-4-9(12(18)19)8-10(11)14/h4-5,8H,3,6-7H2,1-2H3,(H,18,19)(H2,15,16,20). The maximum atomic E-state index is 11.6. The molecule has 0 unspecified atom stereocenters. The molecule has 3 N–H and O–H groups in total. The molecule has 0 heterocycles. The Hall–Kier alpha value is -1.79. The molecule has 0 radical (unpaired) electrons. The highest BCUT2D eigenvalue weighted by Gasteiger charge is 2.09. The summed E-state index contributed by atoms with van der Waals surface area (Å²) < 4.78 is 0. The molecule has 0 saturated heterocycles. The number of urea groups is 1. The fourth-order valence-electron chi connectivity index (χ4n) is 1.43. The van der Waals surface area contributed by atoms with Gasteiger partial charge in [0.1, 0.15) is 0 Å². The van der Waals surface area contributed by atoms with E-state index in [1.54, 1.807) is 0 Å². The Morgan fingerprint density at radius 2 is 2.10 bits per heavy atom. The maximum absolute atomic E-state index is 11.6. The van der Waals surface area contributed by atoms with Crippen LogP contribution in [0.25, 0.3) is 0 Å². The average Bonchev–Trinajstić information content (AvgIpc) is 2.40. The minimum Gasteiger partial charge on any atom is -0.478 e. The maximum Gasteiger partial charge on any atom is 0.335 e. The van der Waals surface area contributed by atoms with Gasteiger partial charge in [-0.1, -0.05) is 18.5 Å². The summed E-state index contributed by atoms with van der Waals surface area (Å²) in [5.74, 6) is -1.06. The highest BCUT2D eigenvalue weighted by Crippen LogP contribution is 2.22. The van der Waals surface area contributed by atoms with Crippen molar-refractivity contribution < 1.29 is 14.7 Å². The number of halogens is 1. The van der Waals surface area contributed by atoms with E-state index in [4.69, 9.17) is 16.7 Å². The van der Waals surface area contributed by atoms with E-state index in [2.05, 4.69) is 15.5 Å². The van der Waals surface area contributed by atoms with E-state index in [1.807, 2.05) is 14.0 Å². The number of nitrogens with zero attached hydrogens (tertiary/aromatic N) is 1. The number of hydrogen-bond donors (Lipinski definition) is 3. The minimum absolute atomic E-state index is 0.0746. The molecule has 0 aromatic heterocycles. The van der Waals surface area contributed by atoms with Crippen LogP contribution in [0.15, 0.2) is 18.2 Å². The van der Waals surface area contributed by atoms with Crippen LogP contribution in [0.3, 0.4) is 0 Å². The lowest BCUT2D eigenvalue weighted by Crippen LogP contribution is -2.35. The topological polar surface area (TPSA) is 81.7 Å². The Balaban J connectivity index is 2.52. The number of carbonyl (C=O) groups is 2. The van der Waals surface area contributed by atoms with Crippen molar-refractivity contribution in [1.82, 2.24) is 10.2 Å². The second kappa shape index (κ2) is 7.72. The van der Waals surface area contributed by atoms with Crippen molar-refractivity contribution in [3.63, 3.8) is 0 Å². The summed E-state index contributed by atoms with van der Waals surface area (Å²) in [7, 11) is 1.96. The first-order chi connectivity index (χ1) is 9.43. The van der Waals surface area contributed by atoms with Crippen LogP contribution in [0.5, 0.6) is 0 Å². The summed E-state index contributed by atoms with van der Waals surface area (Å²) in [6, 6.07) is 3.77. The van der Waals surface area contributed by atoms with E-state index in [0.29, 0.717) is 12.2 Å². The predicted octanol–water partition coefficient (Wildman–Crippen LogP) is 2.11. The van der Waals surface area contributed by atoms with Crippen molar-refractivity contribution in [2.45, 2.75) is 6.92 Å². The van der Waals surface area contributed by atoms with Crippen molar-refractivity contribution in [2.24, 2.45) is 0 Å². The Morgan fingerprint density at radius 1 is 1.40 bits per heavy atom. The second-order valence-corrected chi connectivity index (χ2v) is 4.68. The molecule has 6 nitrogen and oxygen atoms in total. The van der Waals surface area contributed by atoms with Gasteiger partial charge in [0.05, 0.1) is 16.3 Å². The number of benzene rings is 1. The number of likely N-dealkylation sites (N-methyl/N-ethyl adjacent to an activating group) is 1. The van der Waals surface area contributed by atoms with E-state index in [9.17, 15) is 9.59 Å². The number of carbonyl (C=O) groups excluding carboxylic acids is 1. The lowest BCUT2D eigenvalue weighted by atomic mass is 10.2. The molecule has 0 bridgehead atoms. The molecule has 1 aromatic carbocycles. The zero-order valence-corrected chi connectivity index (χ0v) is 12.2. The first kappa shape index (κ1) is 16.3. The van der Waals surface area contributed by atoms with Crippen LogP contribution in [0.4, 0.5) is 10.5 Å². The fourth-order valence-corrected chi connectivity index (χ4v) is 1.66. The summed E-state index contributed by atoms with van der Waals surface area (Å²) in [6.07, 6.45) is 0. The van der Waals surface area contributed by atoms with Gasteiger partial charge >= 0.3 is 12.0 Å². The number of carboxylic acids is 1. The van der Waals surface area contributed by atoms with Crippen molar-refractivity contribution in [2.75, 3.05) is 32.0 Å². The zero-order valence-electron chi connectivity index (χ0n) is 11.4. The van der Waals surface area contributed by atoms with Crippen LogP contribution in [-0.2, 0) is 0 Å². The molecule has 20 heavy (non-hydrogen) atoms. The number of amides is 2. The third-order valence-corrected chi connectivity index (χ3v) is 3.10. The molecule has 0 aliphatic rings. The highest BCUT2D eigenvalue weighted by atomic mass is 35.5. The van der Waals surface area contributed by atoms with E-state index < -0.39 is 5.97 Å². The van der Waals surface area contributed by atoms with E-state index in [-0.39, 0.29) is 16.6 Å². The molecule has 110 valence electrons. The molecule has 1 aromatic rings. The van der Waals surface area contributed by atoms with Gasteiger partial charge in [0, 0.05) is 13.1 Å². The fraction of sp³-hybridized carbons (Fsp3) is 0.385. The van der Waals surface area contributed by atoms with Gasteiger partial charge in [-0.3, -0.25) is 0 Å². The molecule has 0 fully saturated rings. The van der Waals surface area contributed by atoms with Gasteiger partial charge in [-0.05, 0) is 31.8 Å². The molecule has 0 aliphatic heterocycles.